The molecule has 1 atom stereocenters. The summed E-state index contributed by atoms with van der Waals surface area (Å²) in [7, 11) is 1.91. The van der Waals surface area contributed by atoms with Gasteiger partial charge in [-0.1, -0.05) is 25.1 Å². The highest BCUT2D eigenvalue weighted by molar-refractivity contribution is 5.91. The van der Waals surface area contributed by atoms with Crippen LogP contribution in [0.25, 0.3) is 0 Å². The highest BCUT2D eigenvalue weighted by Gasteiger charge is 2.17. The van der Waals surface area contributed by atoms with E-state index in [0.717, 1.165) is 17.3 Å². The van der Waals surface area contributed by atoms with E-state index in [0.29, 0.717) is 6.42 Å². The maximum atomic E-state index is 11.9. The number of hydrogen-bond acceptors (Lipinski definition) is 3. The molecule has 1 aromatic carbocycles. The first-order chi connectivity index (χ1) is 9.08. The lowest BCUT2D eigenvalue weighted by atomic mass is 10.1. The quantitative estimate of drug-likeness (QED) is 0.915. The number of carbonyl (C=O) groups is 1. The molecule has 5 heteroatoms. The molecule has 19 heavy (non-hydrogen) atoms. The van der Waals surface area contributed by atoms with Crippen molar-refractivity contribution in [2.45, 2.75) is 26.2 Å². The summed E-state index contributed by atoms with van der Waals surface area (Å²) in [4.78, 5) is 11.9. The third-order valence-corrected chi connectivity index (χ3v) is 3.12. The summed E-state index contributed by atoms with van der Waals surface area (Å²) in [5.74, 6) is 1.71. The number of anilines is 1. The van der Waals surface area contributed by atoms with Crippen molar-refractivity contribution in [3.8, 4) is 0 Å². The van der Waals surface area contributed by atoms with Gasteiger partial charge in [0, 0.05) is 25.1 Å². The van der Waals surface area contributed by atoms with Gasteiger partial charge < -0.3 is 9.88 Å². The third kappa shape index (κ3) is 3.19. The van der Waals surface area contributed by atoms with Gasteiger partial charge in [-0.25, -0.2) is 0 Å². The first kappa shape index (κ1) is 13.3. The Morgan fingerprint density at radius 3 is 2.58 bits per heavy atom. The van der Waals surface area contributed by atoms with Crippen LogP contribution >= 0.6 is 0 Å². The van der Waals surface area contributed by atoms with Gasteiger partial charge in [0.1, 0.15) is 11.6 Å². The fourth-order valence-corrected chi connectivity index (χ4v) is 1.96. The second kappa shape index (κ2) is 5.65. The van der Waals surface area contributed by atoms with Gasteiger partial charge in [0.15, 0.2) is 0 Å². The fourth-order valence-electron chi connectivity index (χ4n) is 1.96. The van der Waals surface area contributed by atoms with E-state index in [1.165, 1.54) is 0 Å². The highest BCUT2D eigenvalue weighted by Crippen LogP contribution is 2.18. The molecule has 5 nitrogen and oxygen atoms in total. The summed E-state index contributed by atoms with van der Waals surface area (Å²) < 4.78 is 1.92. The molecule has 0 unspecified atom stereocenters. The first-order valence-corrected chi connectivity index (χ1v) is 6.28. The van der Waals surface area contributed by atoms with Crippen molar-refractivity contribution in [2.24, 2.45) is 7.05 Å². The minimum absolute atomic E-state index is 0.0145. The molecule has 1 N–H and O–H groups in total. The molecule has 1 aromatic heterocycles. The molecule has 0 saturated carbocycles. The van der Waals surface area contributed by atoms with Gasteiger partial charge >= 0.3 is 0 Å². The number of aryl methyl sites for hydroxylation is 1. The van der Waals surface area contributed by atoms with E-state index < -0.39 is 0 Å². The van der Waals surface area contributed by atoms with Crippen LogP contribution in [0.1, 0.15) is 30.9 Å². The largest absolute Gasteiger partial charge is 0.326 e. The molecule has 1 heterocycles. The minimum Gasteiger partial charge on any atom is -0.326 e. The number of hydrogen-bond donors (Lipinski definition) is 1. The van der Waals surface area contributed by atoms with Crippen LogP contribution < -0.4 is 5.32 Å². The Morgan fingerprint density at radius 2 is 2.00 bits per heavy atom. The molecule has 0 aliphatic heterocycles. The number of aromatic nitrogens is 3. The van der Waals surface area contributed by atoms with Gasteiger partial charge in [-0.15, -0.1) is 10.2 Å². The Bertz CT molecular complexity index is 562. The number of benzene rings is 1. The van der Waals surface area contributed by atoms with E-state index in [-0.39, 0.29) is 11.8 Å². The lowest BCUT2D eigenvalue weighted by molar-refractivity contribution is -0.116. The molecule has 1 amide bonds. The standard InChI is InChI=1S/C14H18N4O/c1-10(14-17-16-11(2)18(14)3)9-13(19)15-12-7-5-4-6-8-12/h4-8,10H,9H2,1-3H3,(H,15,19)/t10-/m1/s1. The van der Waals surface area contributed by atoms with Crippen molar-refractivity contribution >= 4 is 11.6 Å². The molecule has 100 valence electrons. The number of para-hydroxylation sites is 1. The number of carbonyl (C=O) groups excluding carboxylic acids is 1. The molecule has 0 spiro atoms. The summed E-state index contributed by atoms with van der Waals surface area (Å²) in [5.41, 5.74) is 0.814. The average molecular weight is 258 g/mol. The summed E-state index contributed by atoms with van der Waals surface area (Å²) in [6.07, 6.45) is 0.390. The molecular weight excluding hydrogens is 240 g/mol. The predicted molar refractivity (Wildman–Crippen MR) is 73.8 cm³/mol. The summed E-state index contributed by atoms with van der Waals surface area (Å²) in [6.45, 7) is 3.88. The van der Waals surface area contributed by atoms with E-state index in [4.69, 9.17) is 0 Å². The Hall–Kier alpha value is -2.17. The van der Waals surface area contributed by atoms with E-state index >= 15 is 0 Å². The third-order valence-electron chi connectivity index (χ3n) is 3.12. The molecule has 2 rings (SSSR count). The zero-order valence-corrected chi connectivity index (χ0v) is 11.4. The summed E-state index contributed by atoms with van der Waals surface area (Å²) in [6, 6.07) is 9.45. The first-order valence-electron chi connectivity index (χ1n) is 6.28. The molecule has 0 bridgehead atoms. The predicted octanol–water partition coefficient (Wildman–Crippen LogP) is 2.26. The van der Waals surface area contributed by atoms with Crippen LogP contribution in [0.5, 0.6) is 0 Å². The van der Waals surface area contributed by atoms with Gasteiger partial charge in [0.05, 0.1) is 0 Å². The monoisotopic (exact) mass is 258 g/mol. The van der Waals surface area contributed by atoms with Crippen LogP contribution in [-0.4, -0.2) is 20.7 Å². The van der Waals surface area contributed by atoms with Gasteiger partial charge in [-0.3, -0.25) is 4.79 Å². The number of nitrogens with zero attached hydrogens (tertiary/aromatic N) is 3. The Balaban J connectivity index is 1.97. The van der Waals surface area contributed by atoms with Crippen molar-refractivity contribution in [2.75, 3.05) is 5.32 Å². The molecule has 0 fully saturated rings. The van der Waals surface area contributed by atoms with Crippen molar-refractivity contribution in [3.05, 3.63) is 42.0 Å². The second-order valence-electron chi connectivity index (χ2n) is 4.68. The Morgan fingerprint density at radius 1 is 1.32 bits per heavy atom. The van der Waals surface area contributed by atoms with Gasteiger partial charge in [0.25, 0.3) is 0 Å². The molecular formula is C14H18N4O. The normalized spacial score (nSPS) is 12.2. The number of amides is 1. The number of nitrogens with one attached hydrogen (secondary N) is 1. The van der Waals surface area contributed by atoms with E-state index in [2.05, 4.69) is 15.5 Å². The minimum atomic E-state index is -0.0145. The molecule has 0 aliphatic carbocycles. The van der Waals surface area contributed by atoms with Crippen molar-refractivity contribution in [1.29, 1.82) is 0 Å². The lowest BCUT2D eigenvalue weighted by Crippen LogP contribution is -2.16. The van der Waals surface area contributed by atoms with Crippen molar-refractivity contribution < 1.29 is 4.79 Å². The second-order valence-corrected chi connectivity index (χ2v) is 4.68. The molecule has 0 radical (unpaired) electrons. The summed E-state index contributed by atoms with van der Waals surface area (Å²) >= 11 is 0. The van der Waals surface area contributed by atoms with Crippen LogP contribution in [0.3, 0.4) is 0 Å². The van der Waals surface area contributed by atoms with Gasteiger partial charge in [-0.2, -0.15) is 0 Å². The van der Waals surface area contributed by atoms with Crippen LogP contribution in [0.15, 0.2) is 30.3 Å². The van der Waals surface area contributed by atoms with E-state index in [1.54, 1.807) is 0 Å². The average Bonchev–Trinajstić information content (AvgIpc) is 2.71. The Kier molecular flexibility index (Phi) is 3.94. The maximum Gasteiger partial charge on any atom is 0.225 e. The fraction of sp³-hybridized carbons (Fsp3) is 0.357. The van der Waals surface area contributed by atoms with Crippen LogP contribution in [0, 0.1) is 6.92 Å². The maximum absolute atomic E-state index is 11.9. The SMILES string of the molecule is Cc1nnc([C@H](C)CC(=O)Nc2ccccc2)n1C. The summed E-state index contributed by atoms with van der Waals surface area (Å²) in [5, 5.41) is 11.0. The van der Waals surface area contributed by atoms with Crippen molar-refractivity contribution in [3.63, 3.8) is 0 Å². The topological polar surface area (TPSA) is 59.8 Å². The molecule has 2 aromatic rings. The molecule has 0 aliphatic rings. The lowest BCUT2D eigenvalue weighted by Gasteiger charge is -2.11. The van der Waals surface area contributed by atoms with Gasteiger partial charge in [-0.05, 0) is 19.1 Å². The van der Waals surface area contributed by atoms with E-state index in [1.807, 2.05) is 55.8 Å². The number of rotatable bonds is 4. The van der Waals surface area contributed by atoms with Crippen LogP contribution in [0.2, 0.25) is 0 Å². The highest BCUT2D eigenvalue weighted by atomic mass is 16.1. The molecule has 0 saturated heterocycles. The zero-order chi connectivity index (χ0) is 13.8. The smallest absolute Gasteiger partial charge is 0.225 e. The van der Waals surface area contributed by atoms with Gasteiger partial charge in [0.2, 0.25) is 5.91 Å². The Labute approximate surface area is 112 Å². The van der Waals surface area contributed by atoms with Crippen LogP contribution in [-0.2, 0) is 11.8 Å². The van der Waals surface area contributed by atoms with E-state index in [9.17, 15) is 4.79 Å². The zero-order valence-electron chi connectivity index (χ0n) is 11.4. The van der Waals surface area contributed by atoms with Crippen LogP contribution in [0.4, 0.5) is 5.69 Å². The van der Waals surface area contributed by atoms with Crippen molar-refractivity contribution in [1.82, 2.24) is 14.8 Å².